The van der Waals surface area contributed by atoms with Crippen LogP contribution in [-0.4, -0.2) is 33.6 Å². The molecule has 2 aliphatic rings. The fraction of sp³-hybridized carbons (Fsp3) is 0.400. The Morgan fingerprint density at radius 1 is 1.09 bits per heavy atom. The Bertz CT molecular complexity index is 1290. The lowest BCUT2D eigenvalue weighted by Crippen LogP contribution is -2.33. The van der Waals surface area contributed by atoms with Crippen LogP contribution in [0.1, 0.15) is 43.4 Å². The predicted molar refractivity (Wildman–Crippen MR) is 131 cm³/mol. The maximum Gasteiger partial charge on any atom is 0.147 e. The van der Waals surface area contributed by atoms with Crippen molar-refractivity contribution in [1.29, 1.82) is 0 Å². The highest BCUT2D eigenvalue weighted by Gasteiger charge is 2.33. The highest BCUT2D eigenvalue weighted by Crippen LogP contribution is 2.44. The van der Waals surface area contributed by atoms with Crippen LogP contribution >= 0.6 is 11.3 Å². The molecule has 6 rings (SSSR count). The zero-order valence-electron chi connectivity index (χ0n) is 18.5. The van der Waals surface area contributed by atoms with Crippen LogP contribution in [0.4, 0.5) is 11.6 Å². The van der Waals surface area contributed by atoms with Crippen molar-refractivity contribution in [2.45, 2.75) is 51.9 Å². The van der Waals surface area contributed by atoms with Gasteiger partial charge in [0.25, 0.3) is 0 Å². The van der Waals surface area contributed by atoms with Crippen LogP contribution < -0.4 is 10.2 Å². The summed E-state index contributed by atoms with van der Waals surface area (Å²) in [4.78, 5) is 18.0. The fourth-order valence-electron chi connectivity index (χ4n) is 4.89. The largest absolute Gasteiger partial charge is 0.370 e. The summed E-state index contributed by atoms with van der Waals surface area (Å²) in [6.07, 6.45) is 5.00. The lowest BCUT2D eigenvalue weighted by atomic mass is 9.90. The standard InChI is InChI=1S/C25H27N5OS/c1-25(2)12-17-18(14-31-25)23(30-10-6-7-11-30)29-24-19(17)20-21(32-24)22(28-15-27-20)26-13-16-8-4-3-5-9-16/h3-5,8-9,15H,6-7,10-14H2,1-2H3,(H,26,27,28). The molecule has 3 aromatic heterocycles. The first kappa shape index (κ1) is 19.9. The molecule has 0 atom stereocenters. The molecule has 0 unspecified atom stereocenters. The number of nitrogens with one attached hydrogen (secondary N) is 1. The molecule has 1 aromatic carbocycles. The molecule has 0 radical (unpaired) electrons. The summed E-state index contributed by atoms with van der Waals surface area (Å²) in [5.41, 5.74) is 4.64. The summed E-state index contributed by atoms with van der Waals surface area (Å²) in [6.45, 7) is 7.83. The van der Waals surface area contributed by atoms with Crippen molar-refractivity contribution in [1.82, 2.24) is 15.0 Å². The number of hydrogen-bond acceptors (Lipinski definition) is 7. The maximum atomic E-state index is 6.23. The van der Waals surface area contributed by atoms with E-state index < -0.39 is 0 Å². The number of nitrogens with zero attached hydrogens (tertiary/aromatic N) is 4. The van der Waals surface area contributed by atoms with Crippen molar-refractivity contribution in [2.24, 2.45) is 0 Å². The molecule has 32 heavy (non-hydrogen) atoms. The molecule has 4 aromatic rings. The van der Waals surface area contributed by atoms with E-state index in [9.17, 15) is 0 Å². The summed E-state index contributed by atoms with van der Waals surface area (Å²) in [5.74, 6) is 1.99. The van der Waals surface area contributed by atoms with Gasteiger partial charge in [-0.2, -0.15) is 0 Å². The number of rotatable bonds is 4. The Kier molecular flexibility index (Phi) is 4.77. The Labute approximate surface area is 191 Å². The Hall–Kier alpha value is -2.77. The van der Waals surface area contributed by atoms with E-state index in [0.29, 0.717) is 6.61 Å². The molecule has 0 saturated carbocycles. The minimum Gasteiger partial charge on any atom is -0.370 e. The van der Waals surface area contributed by atoms with Crippen molar-refractivity contribution in [3.8, 4) is 0 Å². The molecule has 0 spiro atoms. The minimum atomic E-state index is -0.195. The SMILES string of the molecule is CC1(C)Cc2c(c(N3CCCC3)nc3sc4c(NCc5ccccc5)ncnc4c23)CO1. The van der Waals surface area contributed by atoms with Crippen molar-refractivity contribution in [2.75, 3.05) is 23.3 Å². The normalized spacial score (nSPS) is 17.8. The van der Waals surface area contributed by atoms with Crippen LogP contribution in [0.15, 0.2) is 36.7 Å². The molecular formula is C25H27N5OS. The Morgan fingerprint density at radius 3 is 2.72 bits per heavy atom. The molecular weight excluding hydrogens is 418 g/mol. The number of fused-ring (bicyclic) bond motifs is 5. The molecule has 7 heteroatoms. The first-order valence-corrected chi connectivity index (χ1v) is 12.2. The smallest absolute Gasteiger partial charge is 0.147 e. The number of hydrogen-bond donors (Lipinski definition) is 1. The average molecular weight is 446 g/mol. The van der Waals surface area contributed by atoms with Gasteiger partial charge in [0.15, 0.2) is 0 Å². The number of thiophene rings is 1. The van der Waals surface area contributed by atoms with Crippen LogP contribution in [0.25, 0.3) is 20.4 Å². The summed E-state index contributed by atoms with van der Waals surface area (Å²) in [7, 11) is 0. The van der Waals surface area contributed by atoms with Crippen molar-refractivity contribution < 1.29 is 4.74 Å². The van der Waals surface area contributed by atoms with Crippen LogP contribution in [0.5, 0.6) is 0 Å². The van der Waals surface area contributed by atoms with Crippen LogP contribution in [0.3, 0.4) is 0 Å². The van der Waals surface area contributed by atoms with Gasteiger partial charge in [-0.05, 0) is 37.8 Å². The lowest BCUT2D eigenvalue weighted by molar-refractivity contribution is -0.0395. The molecule has 5 heterocycles. The molecule has 2 aliphatic heterocycles. The van der Waals surface area contributed by atoms with Gasteiger partial charge < -0.3 is 15.0 Å². The van der Waals surface area contributed by atoms with Crippen LogP contribution in [0.2, 0.25) is 0 Å². The number of aromatic nitrogens is 3. The van der Waals surface area contributed by atoms with Crippen LogP contribution in [0, 0.1) is 0 Å². The average Bonchev–Trinajstić information content (AvgIpc) is 3.45. The summed E-state index contributed by atoms with van der Waals surface area (Å²) >= 11 is 1.70. The third-order valence-electron chi connectivity index (χ3n) is 6.51. The van der Waals surface area contributed by atoms with Gasteiger partial charge in [0.05, 0.1) is 22.4 Å². The van der Waals surface area contributed by atoms with E-state index in [0.717, 1.165) is 52.7 Å². The van der Waals surface area contributed by atoms with E-state index in [1.165, 1.54) is 34.9 Å². The third kappa shape index (κ3) is 3.40. The van der Waals surface area contributed by atoms with Gasteiger partial charge >= 0.3 is 0 Å². The highest BCUT2D eigenvalue weighted by molar-refractivity contribution is 7.26. The van der Waals surface area contributed by atoms with E-state index in [1.54, 1.807) is 17.7 Å². The van der Waals surface area contributed by atoms with Gasteiger partial charge in [-0.1, -0.05) is 30.3 Å². The quantitative estimate of drug-likeness (QED) is 0.460. The minimum absolute atomic E-state index is 0.195. The van der Waals surface area contributed by atoms with Crippen LogP contribution in [-0.2, 0) is 24.3 Å². The van der Waals surface area contributed by atoms with Gasteiger partial charge in [0.1, 0.15) is 22.8 Å². The summed E-state index contributed by atoms with van der Waals surface area (Å²) in [6, 6.07) is 10.4. The van der Waals surface area contributed by atoms with Gasteiger partial charge in [-0.3, -0.25) is 0 Å². The first-order valence-electron chi connectivity index (χ1n) is 11.3. The van der Waals surface area contributed by atoms with Gasteiger partial charge in [0, 0.05) is 37.0 Å². The summed E-state index contributed by atoms with van der Waals surface area (Å²) in [5, 5.41) is 4.71. The van der Waals surface area contributed by atoms with Gasteiger partial charge in [0.2, 0.25) is 0 Å². The zero-order chi connectivity index (χ0) is 21.7. The second-order valence-corrected chi connectivity index (χ2v) is 10.3. The molecule has 0 bridgehead atoms. The summed E-state index contributed by atoms with van der Waals surface area (Å²) < 4.78 is 7.31. The molecule has 0 aliphatic carbocycles. The molecule has 1 fully saturated rings. The number of benzene rings is 1. The van der Waals surface area contributed by atoms with Gasteiger partial charge in [-0.15, -0.1) is 11.3 Å². The van der Waals surface area contributed by atoms with E-state index in [1.807, 2.05) is 6.07 Å². The van der Waals surface area contributed by atoms with Gasteiger partial charge in [-0.25, -0.2) is 15.0 Å². The second kappa shape index (κ2) is 7.67. The fourth-order valence-corrected chi connectivity index (χ4v) is 6.01. The zero-order valence-corrected chi connectivity index (χ0v) is 19.3. The Balaban J connectivity index is 1.51. The van der Waals surface area contributed by atoms with Crippen molar-refractivity contribution in [3.05, 3.63) is 53.3 Å². The van der Waals surface area contributed by atoms with E-state index >= 15 is 0 Å². The molecule has 0 amide bonds. The number of ether oxygens (including phenoxy) is 1. The molecule has 1 N–H and O–H groups in total. The van der Waals surface area contributed by atoms with E-state index in [4.69, 9.17) is 14.7 Å². The van der Waals surface area contributed by atoms with E-state index in [2.05, 4.69) is 53.3 Å². The molecule has 1 saturated heterocycles. The second-order valence-electron chi connectivity index (χ2n) is 9.33. The highest BCUT2D eigenvalue weighted by atomic mass is 32.1. The van der Waals surface area contributed by atoms with Crippen molar-refractivity contribution >= 4 is 43.4 Å². The molecule has 6 nitrogen and oxygen atoms in total. The third-order valence-corrected chi connectivity index (χ3v) is 7.59. The monoisotopic (exact) mass is 445 g/mol. The number of anilines is 2. The Morgan fingerprint density at radius 2 is 1.91 bits per heavy atom. The predicted octanol–water partition coefficient (Wildman–Crippen LogP) is 5.30. The van der Waals surface area contributed by atoms with Crippen molar-refractivity contribution in [3.63, 3.8) is 0 Å². The lowest BCUT2D eigenvalue weighted by Gasteiger charge is -2.34. The molecule has 164 valence electrons. The first-order chi connectivity index (χ1) is 15.6. The maximum absolute atomic E-state index is 6.23. The topological polar surface area (TPSA) is 63.2 Å². The van der Waals surface area contributed by atoms with E-state index in [-0.39, 0.29) is 5.60 Å². The number of pyridine rings is 1.